The number of hydrogen-bond donors (Lipinski definition) is 2. The van der Waals surface area contributed by atoms with Crippen LogP contribution in [-0.2, 0) is 17.8 Å². The van der Waals surface area contributed by atoms with Gasteiger partial charge in [-0.2, -0.15) is 0 Å². The zero-order valence-corrected chi connectivity index (χ0v) is 13.6. The van der Waals surface area contributed by atoms with E-state index in [9.17, 15) is 4.79 Å². The summed E-state index contributed by atoms with van der Waals surface area (Å²) in [7, 11) is 4.12. The first kappa shape index (κ1) is 16.0. The highest BCUT2D eigenvalue weighted by molar-refractivity contribution is 5.82. The Bertz CT molecular complexity index is 497. The van der Waals surface area contributed by atoms with Crippen molar-refractivity contribution in [3.8, 4) is 0 Å². The Labute approximate surface area is 127 Å². The lowest BCUT2D eigenvalue weighted by molar-refractivity contribution is -0.123. The summed E-state index contributed by atoms with van der Waals surface area (Å²) in [6, 6.07) is 8.21. The fourth-order valence-electron chi connectivity index (χ4n) is 3.00. The van der Waals surface area contributed by atoms with E-state index in [0.29, 0.717) is 6.54 Å². The van der Waals surface area contributed by atoms with E-state index in [0.717, 1.165) is 19.5 Å². The van der Waals surface area contributed by atoms with Crippen LogP contribution < -0.4 is 10.6 Å². The number of nitrogens with one attached hydrogen (secondary N) is 2. The van der Waals surface area contributed by atoms with Gasteiger partial charge in [-0.1, -0.05) is 38.1 Å². The van der Waals surface area contributed by atoms with Crippen molar-refractivity contribution in [1.29, 1.82) is 0 Å². The van der Waals surface area contributed by atoms with Crippen molar-refractivity contribution < 1.29 is 4.79 Å². The molecule has 2 N–H and O–H groups in total. The van der Waals surface area contributed by atoms with Gasteiger partial charge >= 0.3 is 0 Å². The Morgan fingerprint density at radius 1 is 1.33 bits per heavy atom. The van der Waals surface area contributed by atoms with Crippen LogP contribution in [0.15, 0.2) is 24.3 Å². The molecule has 0 spiro atoms. The topological polar surface area (TPSA) is 44.4 Å². The maximum Gasteiger partial charge on any atom is 0.237 e. The minimum Gasteiger partial charge on any atom is -0.354 e. The summed E-state index contributed by atoms with van der Waals surface area (Å²) < 4.78 is 0. The maximum absolute atomic E-state index is 12.4. The maximum atomic E-state index is 12.4. The minimum atomic E-state index is -0.116. The summed E-state index contributed by atoms with van der Waals surface area (Å²) >= 11 is 0. The average molecular weight is 289 g/mol. The van der Waals surface area contributed by atoms with Crippen LogP contribution in [0.4, 0.5) is 0 Å². The zero-order valence-electron chi connectivity index (χ0n) is 13.6. The molecule has 21 heavy (non-hydrogen) atoms. The van der Waals surface area contributed by atoms with Gasteiger partial charge in [0.2, 0.25) is 5.91 Å². The Balaban J connectivity index is 1.88. The molecule has 4 nitrogen and oxygen atoms in total. The van der Waals surface area contributed by atoms with Gasteiger partial charge in [-0.05, 0) is 37.1 Å². The van der Waals surface area contributed by atoms with E-state index >= 15 is 0 Å². The first-order valence-corrected chi connectivity index (χ1v) is 7.60. The third-order valence-electron chi connectivity index (χ3n) is 3.88. The molecular weight excluding hydrogens is 262 g/mol. The highest BCUT2D eigenvalue weighted by Gasteiger charge is 2.26. The second kappa shape index (κ2) is 6.58. The summed E-state index contributed by atoms with van der Waals surface area (Å²) in [4.78, 5) is 14.5. The SMILES string of the molecule is CN(C)CC(C)(C)CNC(=O)[C@@H]1Cc2ccccc2CN1. The minimum absolute atomic E-state index is 0.0751. The monoisotopic (exact) mass is 289 g/mol. The van der Waals surface area contributed by atoms with E-state index in [2.05, 4.69) is 55.6 Å². The van der Waals surface area contributed by atoms with Gasteiger partial charge < -0.3 is 15.5 Å². The predicted molar refractivity (Wildman–Crippen MR) is 86.1 cm³/mol. The van der Waals surface area contributed by atoms with Crippen LogP contribution in [0, 0.1) is 5.41 Å². The van der Waals surface area contributed by atoms with Crippen molar-refractivity contribution in [2.75, 3.05) is 27.2 Å². The standard InChI is InChI=1S/C17H27N3O/c1-17(2,12-20(3)4)11-19-16(21)15-9-13-7-5-6-8-14(13)10-18-15/h5-8,15,18H,9-12H2,1-4H3,(H,19,21)/t15-/m0/s1. The summed E-state index contributed by atoms with van der Waals surface area (Å²) in [6.07, 6.45) is 0.774. The summed E-state index contributed by atoms with van der Waals surface area (Å²) in [6.45, 7) is 6.78. The van der Waals surface area contributed by atoms with Crippen LogP contribution >= 0.6 is 0 Å². The van der Waals surface area contributed by atoms with Gasteiger partial charge in [0.1, 0.15) is 0 Å². The molecule has 1 aliphatic rings. The molecule has 0 unspecified atom stereocenters. The summed E-state index contributed by atoms with van der Waals surface area (Å²) in [5.74, 6) is 0.108. The lowest BCUT2D eigenvalue weighted by Crippen LogP contribution is -2.50. The molecule has 1 atom stereocenters. The van der Waals surface area contributed by atoms with E-state index in [1.54, 1.807) is 0 Å². The molecular formula is C17H27N3O. The number of benzene rings is 1. The molecule has 1 aliphatic heterocycles. The number of amides is 1. The zero-order chi connectivity index (χ0) is 15.5. The Kier molecular flexibility index (Phi) is 5.01. The van der Waals surface area contributed by atoms with Gasteiger partial charge in [-0.25, -0.2) is 0 Å². The molecule has 1 amide bonds. The molecule has 0 aromatic heterocycles. The number of carbonyl (C=O) groups is 1. The van der Waals surface area contributed by atoms with Crippen LogP contribution in [0.1, 0.15) is 25.0 Å². The van der Waals surface area contributed by atoms with Crippen molar-refractivity contribution in [3.05, 3.63) is 35.4 Å². The van der Waals surface area contributed by atoms with E-state index in [1.807, 2.05) is 12.1 Å². The van der Waals surface area contributed by atoms with Crippen LogP contribution in [0.3, 0.4) is 0 Å². The normalized spacial score (nSPS) is 18.4. The molecule has 0 aliphatic carbocycles. The number of nitrogens with zero attached hydrogens (tertiary/aromatic N) is 1. The highest BCUT2D eigenvalue weighted by atomic mass is 16.2. The fourth-order valence-corrected chi connectivity index (χ4v) is 3.00. The molecule has 0 saturated heterocycles. The quantitative estimate of drug-likeness (QED) is 0.861. The molecule has 0 saturated carbocycles. The fraction of sp³-hybridized carbons (Fsp3) is 0.588. The van der Waals surface area contributed by atoms with E-state index in [1.165, 1.54) is 11.1 Å². The van der Waals surface area contributed by atoms with Crippen LogP contribution in [-0.4, -0.2) is 44.0 Å². The molecule has 4 heteroatoms. The molecule has 0 radical (unpaired) electrons. The lowest BCUT2D eigenvalue weighted by atomic mass is 9.92. The third kappa shape index (κ3) is 4.55. The second-order valence-corrected chi connectivity index (χ2v) is 7.03. The first-order chi connectivity index (χ1) is 9.87. The van der Waals surface area contributed by atoms with Gasteiger partial charge in [0, 0.05) is 19.6 Å². The molecule has 0 fully saturated rings. The number of fused-ring (bicyclic) bond motifs is 1. The Morgan fingerprint density at radius 2 is 2.00 bits per heavy atom. The molecule has 2 rings (SSSR count). The van der Waals surface area contributed by atoms with Crippen LogP contribution in [0.2, 0.25) is 0 Å². The average Bonchev–Trinajstić information content (AvgIpc) is 2.43. The molecule has 1 aromatic carbocycles. The van der Waals surface area contributed by atoms with Crippen molar-refractivity contribution in [1.82, 2.24) is 15.5 Å². The van der Waals surface area contributed by atoms with E-state index in [4.69, 9.17) is 0 Å². The van der Waals surface area contributed by atoms with Gasteiger partial charge in [0.15, 0.2) is 0 Å². The number of carbonyl (C=O) groups excluding carboxylic acids is 1. The smallest absolute Gasteiger partial charge is 0.237 e. The van der Waals surface area contributed by atoms with Gasteiger partial charge in [0.05, 0.1) is 6.04 Å². The molecule has 1 aromatic rings. The largest absolute Gasteiger partial charge is 0.354 e. The molecule has 0 bridgehead atoms. The van der Waals surface area contributed by atoms with Crippen molar-refractivity contribution in [2.24, 2.45) is 5.41 Å². The highest BCUT2D eigenvalue weighted by Crippen LogP contribution is 2.17. The van der Waals surface area contributed by atoms with Crippen LogP contribution in [0.5, 0.6) is 0 Å². The Morgan fingerprint density at radius 3 is 2.67 bits per heavy atom. The van der Waals surface area contributed by atoms with Crippen molar-refractivity contribution in [2.45, 2.75) is 32.9 Å². The van der Waals surface area contributed by atoms with Gasteiger partial charge in [-0.15, -0.1) is 0 Å². The summed E-state index contributed by atoms with van der Waals surface area (Å²) in [5.41, 5.74) is 2.66. The second-order valence-electron chi connectivity index (χ2n) is 7.03. The van der Waals surface area contributed by atoms with Crippen molar-refractivity contribution in [3.63, 3.8) is 0 Å². The number of hydrogen-bond acceptors (Lipinski definition) is 3. The summed E-state index contributed by atoms with van der Waals surface area (Å²) in [5, 5.41) is 6.43. The number of rotatable bonds is 5. The van der Waals surface area contributed by atoms with Crippen molar-refractivity contribution >= 4 is 5.91 Å². The Hall–Kier alpha value is -1.39. The molecule has 116 valence electrons. The van der Waals surface area contributed by atoms with Gasteiger partial charge in [0.25, 0.3) is 0 Å². The third-order valence-corrected chi connectivity index (χ3v) is 3.88. The molecule has 1 heterocycles. The van der Waals surface area contributed by atoms with Crippen LogP contribution in [0.25, 0.3) is 0 Å². The van der Waals surface area contributed by atoms with Gasteiger partial charge in [-0.3, -0.25) is 4.79 Å². The first-order valence-electron chi connectivity index (χ1n) is 7.60. The van der Waals surface area contributed by atoms with E-state index in [-0.39, 0.29) is 17.4 Å². The lowest BCUT2D eigenvalue weighted by Gasteiger charge is -2.30. The van der Waals surface area contributed by atoms with E-state index < -0.39 is 0 Å². The predicted octanol–water partition coefficient (Wildman–Crippen LogP) is 1.40.